The summed E-state index contributed by atoms with van der Waals surface area (Å²) in [6, 6.07) is 12.7. The number of amides is 1. The fourth-order valence-corrected chi connectivity index (χ4v) is 2.14. The molecule has 21 heavy (non-hydrogen) atoms. The summed E-state index contributed by atoms with van der Waals surface area (Å²) in [5, 5.41) is 3.28. The molecule has 3 aromatic rings. The molecule has 1 N–H and O–H groups in total. The average molecular weight is 298 g/mol. The van der Waals surface area contributed by atoms with Gasteiger partial charge in [0.2, 0.25) is 0 Å². The number of anilines is 1. The molecule has 0 radical (unpaired) electrons. The first-order valence-corrected chi connectivity index (χ1v) is 6.76. The smallest absolute Gasteiger partial charge is 0.257 e. The van der Waals surface area contributed by atoms with Gasteiger partial charge in [-0.3, -0.25) is 9.78 Å². The van der Waals surface area contributed by atoms with Crippen molar-refractivity contribution in [3.8, 4) is 5.69 Å². The molecule has 3 rings (SSSR count). The van der Waals surface area contributed by atoms with Gasteiger partial charge in [-0.05, 0) is 30.3 Å². The molecule has 0 spiro atoms. The second-order valence-corrected chi connectivity index (χ2v) is 4.86. The molecule has 0 bridgehead atoms. The molecule has 0 unspecified atom stereocenters. The SMILES string of the molecule is O=C(Nc1ccccc1Cl)c1cncc(-n2cccc2)c1. The molecule has 104 valence electrons. The lowest BCUT2D eigenvalue weighted by Gasteiger charge is -2.08. The third kappa shape index (κ3) is 2.95. The van der Waals surface area contributed by atoms with Crippen molar-refractivity contribution in [2.75, 3.05) is 5.32 Å². The van der Waals surface area contributed by atoms with Crippen LogP contribution >= 0.6 is 11.6 Å². The molecule has 0 aliphatic heterocycles. The summed E-state index contributed by atoms with van der Waals surface area (Å²) in [7, 11) is 0. The lowest BCUT2D eigenvalue weighted by atomic mass is 10.2. The zero-order valence-electron chi connectivity index (χ0n) is 11.0. The summed E-state index contributed by atoms with van der Waals surface area (Å²) in [5.74, 6) is -0.246. The molecule has 0 atom stereocenters. The second kappa shape index (κ2) is 5.81. The molecule has 0 saturated heterocycles. The van der Waals surface area contributed by atoms with Gasteiger partial charge in [-0.1, -0.05) is 23.7 Å². The van der Waals surface area contributed by atoms with Crippen molar-refractivity contribution in [2.45, 2.75) is 0 Å². The van der Waals surface area contributed by atoms with Crippen LogP contribution in [0.1, 0.15) is 10.4 Å². The lowest BCUT2D eigenvalue weighted by Crippen LogP contribution is -2.13. The highest BCUT2D eigenvalue weighted by Crippen LogP contribution is 2.21. The van der Waals surface area contributed by atoms with Gasteiger partial charge < -0.3 is 9.88 Å². The summed E-state index contributed by atoms with van der Waals surface area (Å²) in [4.78, 5) is 16.4. The number of para-hydroxylation sites is 1. The van der Waals surface area contributed by atoms with Gasteiger partial charge in [-0.2, -0.15) is 0 Å². The molecule has 4 nitrogen and oxygen atoms in total. The van der Waals surface area contributed by atoms with Gasteiger partial charge in [0.25, 0.3) is 5.91 Å². The van der Waals surface area contributed by atoms with E-state index in [0.717, 1.165) is 5.69 Å². The first-order valence-electron chi connectivity index (χ1n) is 6.38. The largest absolute Gasteiger partial charge is 0.322 e. The summed E-state index contributed by atoms with van der Waals surface area (Å²) in [6.45, 7) is 0. The van der Waals surface area contributed by atoms with Crippen LogP contribution < -0.4 is 5.32 Å². The molecule has 0 aliphatic rings. The van der Waals surface area contributed by atoms with Gasteiger partial charge >= 0.3 is 0 Å². The van der Waals surface area contributed by atoms with Gasteiger partial charge in [0.15, 0.2) is 0 Å². The quantitative estimate of drug-likeness (QED) is 0.800. The number of nitrogens with zero attached hydrogens (tertiary/aromatic N) is 2. The van der Waals surface area contributed by atoms with Crippen LogP contribution in [-0.4, -0.2) is 15.5 Å². The van der Waals surface area contributed by atoms with E-state index in [-0.39, 0.29) is 5.91 Å². The molecule has 0 aliphatic carbocycles. The van der Waals surface area contributed by atoms with E-state index in [2.05, 4.69) is 10.3 Å². The highest BCUT2D eigenvalue weighted by molar-refractivity contribution is 6.33. The number of pyridine rings is 1. The standard InChI is InChI=1S/C16H12ClN3O/c17-14-5-1-2-6-15(14)19-16(21)12-9-13(11-18-10-12)20-7-3-4-8-20/h1-11H,(H,19,21). The zero-order chi connectivity index (χ0) is 14.7. The molecule has 5 heteroatoms. The Bertz CT molecular complexity index is 769. The number of aromatic nitrogens is 2. The minimum Gasteiger partial charge on any atom is -0.322 e. The Balaban J connectivity index is 1.85. The Morgan fingerprint density at radius 3 is 2.62 bits per heavy atom. The molecule has 2 heterocycles. The third-order valence-electron chi connectivity index (χ3n) is 3.01. The van der Waals surface area contributed by atoms with Crippen LogP contribution in [0.2, 0.25) is 5.02 Å². The number of hydrogen-bond donors (Lipinski definition) is 1. The number of rotatable bonds is 3. The highest BCUT2D eigenvalue weighted by Gasteiger charge is 2.09. The second-order valence-electron chi connectivity index (χ2n) is 4.46. The molecular weight excluding hydrogens is 286 g/mol. The van der Waals surface area contributed by atoms with E-state index < -0.39 is 0 Å². The lowest BCUT2D eigenvalue weighted by molar-refractivity contribution is 0.102. The van der Waals surface area contributed by atoms with E-state index >= 15 is 0 Å². The predicted molar refractivity (Wildman–Crippen MR) is 83.0 cm³/mol. The summed E-state index contributed by atoms with van der Waals surface area (Å²) in [5.41, 5.74) is 1.88. The summed E-state index contributed by atoms with van der Waals surface area (Å²) in [6.07, 6.45) is 7.02. The predicted octanol–water partition coefficient (Wildman–Crippen LogP) is 3.78. The van der Waals surface area contributed by atoms with Crippen LogP contribution in [0.3, 0.4) is 0 Å². The molecule has 1 amide bonds. The highest BCUT2D eigenvalue weighted by atomic mass is 35.5. The normalized spacial score (nSPS) is 10.3. The Morgan fingerprint density at radius 2 is 1.86 bits per heavy atom. The van der Waals surface area contributed by atoms with Crippen LogP contribution in [0.5, 0.6) is 0 Å². The van der Waals surface area contributed by atoms with E-state index in [0.29, 0.717) is 16.3 Å². The zero-order valence-corrected chi connectivity index (χ0v) is 11.8. The Labute approximate surface area is 127 Å². The van der Waals surface area contributed by atoms with E-state index in [1.807, 2.05) is 41.2 Å². The number of nitrogens with one attached hydrogen (secondary N) is 1. The fraction of sp³-hybridized carbons (Fsp3) is 0. The summed E-state index contributed by atoms with van der Waals surface area (Å²) < 4.78 is 1.89. The Morgan fingerprint density at radius 1 is 1.10 bits per heavy atom. The first-order chi connectivity index (χ1) is 10.2. The van der Waals surface area contributed by atoms with Crippen molar-refractivity contribution in [1.82, 2.24) is 9.55 Å². The van der Waals surface area contributed by atoms with Crippen LogP contribution in [0.4, 0.5) is 5.69 Å². The maximum absolute atomic E-state index is 12.3. The molecule has 2 aromatic heterocycles. The van der Waals surface area contributed by atoms with Gasteiger partial charge in [-0.15, -0.1) is 0 Å². The van der Waals surface area contributed by atoms with Crippen LogP contribution in [0, 0.1) is 0 Å². The Hall–Kier alpha value is -2.59. The van der Waals surface area contributed by atoms with Crippen molar-refractivity contribution in [1.29, 1.82) is 0 Å². The monoisotopic (exact) mass is 297 g/mol. The Kier molecular flexibility index (Phi) is 3.71. The van der Waals surface area contributed by atoms with Crippen LogP contribution in [0.15, 0.2) is 67.3 Å². The van der Waals surface area contributed by atoms with Crippen molar-refractivity contribution >= 4 is 23.2 Å². The van der Waals surface area contributed by atoms with Gasteiger partial charge in [0.1, 0.15) is 0 Å². The number of hydrogen-bond acceptors (Lipinski definition) is 2. The van der Waals surface area contributed by atoms with Crippen molar-refractivity contribution in [3.63, 3.8) is 0 Å². The van der Waals surface area contributed by atoms with Crippen molar-refractivity contribution in [3.05, 3.63) is 77.8 Å². The molecule has 0 saturated carbocycles. The van der Waals surface area contributed by atoms with E-state index in [4.69, 9.17) is 11.6 Å². The molecule has 0 fully saturated rings. The number of carbonyl (C=O) groups is 1. The minimum absolute atomic E-state index is 0.246. The first kappa shape index (κ1) is 13.4. The van der Waals surface area contributed by atoms with Gasteiger partial charge in [0.05, 0.1) is 28.2 Å². The molecule has 1 aromatic carbocycles. The van der Waals surface area contributed by atoms with Crippen molar-refractivity contribution in [2.24, 2.45) is 0 Å². The van der Waals surface area contributed by atoms with Crippen LogP contribution in [-0.2, 0) is 0 Å². The number of benzene rings is 1. The van der Waals surface area contributed by atoms with Gasteiger partial charge in [0, 0.05) is 18.6 Å². The third-order valence-corrected chi connectivity index (χ3v) is 3.34. The van der Waals surface area contributed by atoms with E-state index in [1.54, 1.807) is 24.4 Å². The maximum Gasteiger partial charge on any atom is 0.257 e. The van der Waals surface area contributed by atoms with Crippen LogP contribution in [0.25, 0.3) is 5.69 Å². The topological polar surface area (TPSA) is 46.9 Å². The fourth-order valence-electron chi connectivity index (χ4n) is 1.96. The maximum atomic E-state index is 12.3. The summed E-state index contributed by atoms with van der Waals surface area (Å²) >= 11 is 6.03. The van der Waals surface area contributed by atoms with Crippen molar-refractivity contribution < 1.29 is 4.79 Å². The van der Waals surface area contributed by atoms with E-state index in [9.17, 15) is 4.79 Å². The van der Waals surface area contributed by atoms with E-state index in [1.165, 1.54) is 6.20 Å². The van der Waals surface area contributed by atoms with Gasteiger partial charge in [-0.25, -0.2) is 0 Å². The number of carbonyl (C=O) groups excluding carboxylic acids is 1. The molecular formula is C16H12ClN3O. The number of halogens is 1. The average Bonchev–Trinajstić information content (AvgIpc) is 3.04. The minimum atomic E-state index is -0.246.